The lowest BCUT2D eigenvalue weighted by atomic mass is 9.75. The molecule has 1 aromatic carbocycles. The highest BCUT2D eigenvalue weighted by molar-refractivity contribution is 5.84. The molecule has 0 amide bonds. The molecule has 2 atom stereocenters. The van der Waals surface area contributed by atoms with Crippen molar-refractivity contribution >= 4 is 11.5 Å². The molecule has 0 saturated heterocycles. The van der Waals surface area contributed by atoms with Crippen LogP contribution >= 0.6 is 0 Å². The van der Waals surface area contributed by atoms with E-state index in [9.17, 15) is 9.90 Å². The van der Waals surface area contributed by atoms with Crippen molar-refractivity contribution in [2.75, 3.05) is 11.9 Å². The Balaban J connectivity index is 2.02. The standard InChI is InChI=1S/C13H15NO2/c15-8-13-6-9-3-1-2-4-11(9)14-12(13)5-10(16)7-13/h1-4,12,14-15H,5-8H2/t12-,13+/m0/s1. The first-order valence-electron chi connectivity index (χ1n) is 5.70. The second kappa shape index (κ2) is 3.32. The first-order valence-corrected chi connectivity index (χ1v) is 5.70. The Hall–Kier alpha value is -1.35. The maximum atomic E-state index is 11.6. The lowest BCUT2D eigenvalue weighted by Crippen LogP contribution is -2.44. The molecule has 1 aliphatic heterocycles. The van der Waals surface area contributed by atoms with E-state index in [1.165, 1.54) is 5.56 Å². The van der Waals surface area contributed by atoms with Crippen LogP contribution in [0.1, 0.15) is 18.4 Å². The van der Waals surface area contributed by atoms with E-state index in [1.807, 2.05) is 18.2 Å². The van der Waals surface area contributed by atoms with Gasteiger partial charge in [0.15, 0.2) is 0 Å². The van der Waals surface area contributed by atoms with E-state index in [2.05, 4.69) is 11.4 Å². The first-order chi connectivity index (χ1) is 7.73. The van der Waals surface area contributed by atoms with Gasteiger partial charge in [-0.25, -0.2) is 0 Å². The second-order valence-corrected chi connectivity index (χ2v) is 4.97. The van der Waals surface area contributed by atoms with Gasteiger partial charge in [0.25, 0.3) is 0 Å². The molecule has 1 aliphatic carbocycles. The number of ketones is 1. The van der Waals surface area contributed by atoms with Crippen LogP contribution in [0.15, 0.2) is 24.3 Å². The van der Waals surface area contributed by atoms with Crippen molar-refractivity contribution in [3.63, 3.8) is 0 Å². The summed E-state index contributed by atoms with van der Waals surface area (Å²) in [6.07, 6.45) is 1.87. The lowest BCUT2D eigenvalue weighted by Gasteiger charge is -2.39. The molecule has 0 unspecified atom stereocenters. The summed E-state index contributed by atoms with van der Waals surface area (Å²) in [4.78, 5) is 11.6. The Morgan fingerprint density at radius 2 is 2.19 bits per heavy atom. The smallest absolute Gasteiger partial charge is 0.135 e. The SMILES string of the molecule is O=C1C[C@@H]2Nc3ccccc3C[C@]2(CO)C1. The Morgan fingerprint density at radius 1 is 1.38 bits per heavy atom. The number of nitrogens with one attached hydrogen (secondary N) is 1. The molecule has 16 heavy (non-hydrogen) atoms. The van der Waals surface area contributed by atoms with Crippen LogP contribution in [0, 0.1) is 5.41 Å². The van der Waals surface area contributed by atoms with E-state index in [0.717, 1.165) is 12.1 Å². The Bertz CT molecular complexity index is 443. The first kappa shape index (κ1) is 9.85. The minimum absolute atomic E-state index is 0.0880. The summed E-state index contributed by atoms with van der Waals surface area (Å²) in [5.41, 5.74) is 2.07. The van der Waals surface area contributed by atoms with E-state index in [1.54, 1.807) is 0 Å². The quantitative estimate of drug-likeness (QED) is 0.747. The molecule has 84 valence electrons. The van der Waals surface area contributed by atoms with Crippen LogP contribution < -0.4 is 5.32 Å². The minimum atomic E-state index is -0.258. The van der Waals surface area contributed by atoms with E-state index in [4.69, 9.17) is 0 Å². The number of carbonyl (C=O) groups is 1. The monoisotopic (exact) mass is 217 g/mol. The van der Waals surface area contributed by atoms with E-state index in [0.29, 0.717) is 12.8 Å². The summed E-state index contributed by atoms with van der Waals surface area (Å²) in [5.74, 6) is 0.263. The Labute approximate surface area is 94.5 Å². The molecule has 0 radical (unpaired) electrons. The van der Waals surface area contributed by atoms with Crippen LogP contribution in [0.4, 0.5) is 5.69 Å². The molecular formula is C13H15NO2. The molecule has 1 heterocycles. The predicted molar refractivity (Wildman–Crippen MR) is 61.3 cm³/mol. The zero-order chi connectivity index (χ0) is 11.2. The van der Waals surface area contributed by atoms with E-state index < -0.39 is 0 Å². The number of fused-ring (bicyclic) bond motifs is 2. The number of hydrogen-bond donors (Lipinski definition) is 2. The lowest BCUT2D eigenvalue weighted by molar-refractivity contribution is -0.118. The van der Waals surface area contributed by atoms with Gasteiger partial charge < -0.3 is 10.4 Å². The summed E-state index contributed by atoms with van der Waals surface area (Å²) in [5, 5.41) is 13.0. The summed E-state index contributed by atoms with van der Waals surface area (Å²) in [7, 11) is 0. The molecule has 0 spiro atoms. The molecule has 0 bridgehead atoms. The summed E-state index contributed by atoms with van der Waals surface area (Å²) in [6, 6.07) is 8.22. The van der Waals surface area contributed by atoms with Gasteiger partial charge in [0.2, 0.25) is 0 Å². The fraction of sp³-hybridized carbons (Fsp3) is 0.462. The number of hydrogen-bond acceptors (Lipinski definition) is 3. The fourth-order valence-electron chi connectivity index (χ4n) is 3.03. The zero-order valence-corrected chi connectivity index (χ0v) is 9.07. The number of anilines is 1. The highest BCUT2D eigenvalue weighted by Crippen LogP contribution is 2.45. The van der Waals surface area contributed by atoms with Gasteiger partial charge in [0.05, 0.1) is 6.61 Å². The second-order valence-electron chi connectivity index (χ2n) is 4.97. The largest absolute Gasteiger partial charge is 0.396 e. The van der Waals surface area contributed by atoms with Crippen LogP contribution in [-0.4, -0.2) is 23.5 Å². The molecule has 2 N–H and O–H groups in total. The molecular weight excluding hydrogens is 202 g/mol. The molecule has 1 saturated carbocycles. The number of aliphatic hydroxyl groups is 1. The van der Waals surface area contributed by atoms with E-state index in [-0.39, 0.29) is 23.8 Å². The van der Waals surface area contributed by atoms with Gasteiger partial charge in [0.1, 0.15) is 5.78 Å². The molecule has 3 rings (SSSR count). The molecule has 3 nitrogen and oxygen atoms in total. The predicted octanol–water partition coefficient (Wildman–Crippen LogP) is 1.36. The van der Waals surface area contributed by atoms with Crippen LogP contribution in [-0.2, 0) is 11.2 Å². The average Bonchev–Trinajstić information content (AvgIpc) is 2.61. The number of rotatable bonds is 1. The van der Waals surface area contributed by atoms with Crippen LogP contribution in [0.25, 0.3) is 0 Å². The topological polar surface area (TPSA) is 49.3 Å². The molecule has 2 aliphatic rings. The third-order valence-corrected chi connectivity index (χ3v) is 3.92. The number of aliphatic hydroxyl groups excluding tert-OH is 1. The third kappa shape index (κ3) is 1.28. The Kier molecular flexibility index (Phi) is 2.04. The van der Waals surface area contributed by atoms with Gasteiger partial charge in [-0.2, -0.15) is 0 Å². The molecule has 1 aromatic rings. The summed E-state index contributed by atoms with van der Waals surface area (Å²) >= 11 is 0. The highest BCUT2D eigenvalue weighted by Gasteiger charge is 2.49. The number of para-hydroxylation sites is 1. The van der Waals surface area contributed by atoms with Gasteiger partial charge in [-0.05, 0) is 18.1 Å². The number of Topliss-reactive ketones (excluding diaryl/α,β-unsaturated/α-hetero) is 1. The summed E-state index contributed by atoms with van der Waals surface area (Å²) < 4.78 is 0. The van der Waals surface area contributed by atoms with Crippen molar-refractivity contribution in [1.29, 1.82) is 0 Å². The van der Waals surface area contributed by atoms with Crippen molar-refractivity contribution in [2.45, 2.75) is 25.3 Å². The highest BCUT2D eigenvalue weighted by atomic mass is 16.3. The van der Waals surface area contributed by atoms with E-state index >= 15 is 0 Å². The fourth-order valence-corrected chi connectivity index (χ4v) is 3.03. The average molecular weight is 217 g/mol. The van der Waals surface area contributed by atoms with Crippen molar-refractivity contribution < 1.29 is 9.90 Å². The number of carbonyl (C=O) groups excluding carboxylic acids is 1. The zero-order valence-electron chi connectivity index (χ0n) is 9.07. The van der Waals surface area contributed by atoms with Crippen molar-refractivity contribution in [3.05, 3.63) is 29.8 Å². The van der Waals surface area contributed by atoms with Crippen LogP contribution in [0.5, 0.6) is 0 Å². The molecule has 1 fully saturated rings. The van der Waals surface area contributed by atoms with Gasteiger partial charge in [-0.15, -0.1) is 0 Å². The van der Waals surface area contributed by atoms with Gasteiger partial charge in [0, 0.05) is 30.0 Å². The van der Waals surface area contributed by atoms with Gasteiger partial charge in [-0.1, -0.05) is 18.2 Å². The third-order valence-electron chi connectivity index (χ3n) is 3.92. The van der Waals surface area contributed by atoms with Crippen LogP contribution in [0.3, 0.4) is 0 Å². The maximum absolute atomic E-state index is 11.6. The molecule has 3 heteroatoms. The number of benzene rings is 1. The normalized spacial score (nSPS) is 31.8. The summed E-state index contributed by atoms with van der Waals surface area (Å²) in [6.45, 7) is 0.0880. The van der Waals surface area contributed by atoms with Gasteiger partial charge in [-0.3, -0.25) is 4.79 Å². The van der Waals surface area contributed by atoms with Crippen molar-refractivity contribution in [1.82, 2.24) is 0 Å². The van der Waals surface area contributed by atoms with Gasteiger partial charge >= 0.3 is 0 Å². The molecule has 0 aromatic heterocycles. The van der Waals surface area contributed by atoms with Crippen molar-refractivity contribution in [3.8, 4) is 0 Å². The minimum Gasteiger partial charge on any atom is -0.396 e. The van der Waals surface area contributed by atoms with Crippen molar-refractivity contribution in [2.24, 2.45) is 5.41 Å². The van der Waals surface area contributed by atoms with Crippen LogP contribution in [0.2, 0.25) is 0 Å². The Morgan fingerprint density at radius 3 is 3.00 bits per heavy atom. The maximum Gasteiger partial charge on any atom is 0.135 e.